The maximum Gasteiger partial charge on any atom is 0.317 e. The van der Waals surface area contributed by atoms with Gasteiger partial charge in [-0.25, -0.2) is 0 Å². The van der Waals surface area contributed by atoms with Gasteiger partial charge in [0.25, 0.3) is 0 Å². The maximum atomic E-state index is 10.5. The molecule has 1 aliphatic rings. The molecule has 0 aromatic carbocycles. The average Bonchev–Trinajstić information content (AvgIpc) is 2.55. The Hall–Kier alpha value is -0.610. The van der Waals surface area contributed by atoms with E-state index in [4.69, 9.17) is 5.11 Å². The van der Waals surface area contributed by atoms with Gasteiger partial charge in [0.15, 0.2) is 0 Å². The van der Waals surface area contributed by atoms with Crippen molar-refractivity contribution in [2.24, 2.45) is 0 Å². The summed E-state index contributed by atoms with van der Waals surface area (Å²) >= 11 is 0. The second-order valence-corrected chi connectivity index (χ2v) is 4.69. The summed E-state index contributed by atoms with van der Waals surface area (Å²) in [6, 6.07) is 0. The van der Waals surface area contributed by atoms with Crippen molar-refractivity contribution in [1.82, 2.24) is 10.2 Å². The largest absolute Gasteiger partial charge is 0.480 e. The summed E-state index contributed by atoms with van der Waals surface area (Å²) in [5, 5.41) is 11.7. The number of hydrogen-bond acceptors (Lipinski definition) is 3. The fourth-order valence-electron chi connectivity index (χ4n) is 2.06. The summed E-state index contributed by atoms with van der Waals surface area (Å²) in [6.45, 7) is 7.57. The van der Waals surface area contributed by atoms with E-state index in [1.807, 2.05) is 0 Å². The van der Waals surface area contributed by atoms with Crippen molar-refractivity contribution in [2.75, 3.05) is 26.2 Å². The SMILES string of the molecule is CCCCN1CC[C@](C)(NCC(=O)O)C1. The molecule has 4 heteroatoms. The number of hydrogen-bond donors (Lipinski definition) is 2. The van der Waals surface area contributed by atoms with Gasteiger partial charge >= 0.3 is 5.97 Å². The maximum absolute atomic E-state index is 10.5. The molecule has 0 aromatic heterocycles. The van der Waals surface area contributed by atoms with E-state index in [2.05, 4.69) is 24.1 Å². The number of carboxylic acids is 1. The molecular formula is C11H22N2O2. The van der Waals surface area contributed by atoms with Crippen molar-refractivity contribution < 1.29 is 9.90 Å². The van der Waals surface area contributed by atoms with Gasteiger partial charge in [0, 0.05) is 18.6 Å². The molecule has 1 aliphatic heterocycles. The van der Waals surface area contributed by atoms with Crippen LogP contribution in [0.2, 0.25) is 0 Å². The normalized spacial score (nSPS) is 27.1. The van der Waals surface area contributed by atoms with Crippen LogP contribution in [0.5, 0.6) is 0 Å². The highest BCUT2D eigenvalue weighted by atomic mass is 16.4. The third-order valence-corrected chi connectivity index (χ3v) is 3.05. The molecule has 88 valence electrons. The molecule has 0 radical (unpaired) electrons. The minimum Gasteiger partial charge on any atom is -0.480 e. The number of rotatable bonds is 6. The summed E-state index contributed by atoms with van der Waals surface area (Å²) in [4.78, 5) is 12.9. The summed E-state index contributed by atoms with van der Waals surface area (Å²) < 4.78 is 0. The Kier molecular flexibility index (Phi) is 4.54. The second-order valence-electron chi connectivity index (χ2n) is 4.69. The summed E-state index contributed by atoms with van der Waals surface area (Å²) in [7, 11) is 0. The van der Waals surface area contributed by atoms with Crippen LogP contribution in [0.15, 0.2) is 0 Å². The van der Waals surface area contributed by atoms with Crippen LogP contribution in [0.1, 0.15) is 33.1 Å². The van der Waals surface area contributed by atoms with Crippen LogP contribution in [-0.4, -0.2) is 47.7 Å². The Morgan fingerprint density at radius 3 is 2.93 bits per heavy atom. The van der Waals surface area contributed by atoms with E-state index >= 15 is 0 Å². The van der Waals surface area contributed by atoms with Gasteiger partial charge in [-0.2, -0.15) is 0 Å². The van der Waals surface area contributed by atoms with Crippen LogP contribution < -0.4 is 5.32 Å². The van der Waals surface area contributed by atoms with Gasteiger partial charge in [-0.1, -0.05) is 13.3 Å². The van der Waals surface area contributed by atoms with E-state index in [0.29, 0.717) is 0 Å². The Morgan fingerprint density at radius 1 is 1.60 bits per heavy atom. The first kappa shape index (κ1) is 12.5. The Balaban J connectivity index is 2.29. The fraction of sp³-hybridized carbons (Fsp3) is 0.909. The molecule has 0 spiro atoms. The molecule has 0 aliphatic carbocycles. The molecule has 0 aromatic rings. The molecule has 2 N–H and O–H groups in total. The van der Waals surface area contributed by atoms with Gasteiger partial charge in [-0.15, -0.1) is 0 Å². The first-order valence-electron chi connectivity index (χ1n) is 5.75. The van der Waals surface area contributed by atoms with E-state index in [1.54, 1.807) is 0 Å². The second kappa shape index (κ2) is 5.47. The molecule has 1 heterocycles. The lowest BCUT2D eigenvalue weighted by Gasteiger charge is -2.25. The standard InChI is InChI=1S/C11H22N2O2/c1-3-4-6-13-7-5-11(2,9-13)12-8-10(14)15/h12H,3-9H2,1-2H3,(H,14,15)/t11-/m0/s1. The van der Waals surface area contributed by atoms with Gasteiger partial charge < -0.3 is 15.3 Å². The number of aliphatic carboxylic acids is 1. The van der Waals surface area contributed by atoms with Crippen LogP contribution >= 0.6 is 0 Å². The average molecular weight is 214 g/mol. The van der Waals surface area contributed by atoms with E-state index in [0.717, 1.165) is 26.1 Å². The van der Waals surface area contributed by atoms with Gasteiger partial charge in [0.1, 0.15) is 0 Å². The fourth-order valence-corrected chi connectivity index (χ4v) is 2.06. The lowest BCUT2D eigenvalue weighted by molar-refractivity contribution is -0.136. The first-order chi connectivity index (χ1) is 7.06. The zero-order chi connectivity index (χ0) is 11.3. The minimum absolute atomic E-state index is 0.00781. The van der Waals surface area contributed by atoms with Crippen molar-refractivity contribution in [2.45, 2.75) is 38.6 Å². The lowest BCUT2D eigenvalue weighted by Crippen LogP contribution is -2.46. The van der Waals surface area contributed by atoms with Gasteiger partial charge in [0.2, 0.25) is 0 Å². The Bertz CT molecular complexity index is 221. The molecule has 15 heavy (non-hydrogen) atoms. The van der Waals surface area contributed by atoms with Gasteiger partial charge in [-0.05, 0) is 26.3 Å². The van der Waals surface area contributed by atoms with E-state index in [-0.39, 0.29) is 12.1 Å². The molecule has 0 unspecified atom stereocenters. The molecule has 4 nitrogen and oxygen atoms in total. The van der Waals surface area contributed by atoms with Crippen molar-refractivity contribution >= 4 is 5.97 Å². The smallest absolute Gasteiger partial charge is 0.317 e. The van der Waals surface area contributed by atoms with Crippen LogP contribution in [0, 0.1) is 0 Å². The van der Waals surface area contributed by atoms with Crippen molar-refractivity contribution in [3.63, 3.8) is 0 Å². The molecule has 0 amide bonds. The number of nitrogens with zero attached hydrogens (tertiary/aromatic N) is 1. The van der Waals surface area contributed by atoms with E-state index in [1.165, 1.54) is 12.8 Å². The highest BCUT2D eigenvalue weighted by molar-refractivity contribution is 5.69. The zero-order valence-corrected chi connectivity index (χ0v) is 9.75. The van der Waals surface area contributed by atoms with Crippen LogP contribution in [0.4, 0.5) is 0 Å². The summed E-state index contributed by atoms with van der Waals surface area (Å²) in [5.74, 6) is -0.775. The highest BCUT2D eigenvalue weighted by Gasteiger charge is 2.33. The van der Waals surface area contributed by atoms with Gasteiger partial charge in [-0.3, -0.25) is 4.79 Å². The third kappa shape index (κ3) is 4.18. The third-order valence-electron chi connectivity index (χ3n) is 3.05. The van der Waals surface area contributed by atoms with Crippen LogP contribution in [0.3, 0.4) is 0 Å². The molecule has 0 saturated carbocycles. The van der Waals surface area contributed by atoms with Crippen LogP contribution in [0.25, 0.3) is 0 Å². The number of likely N-dealkylation sites (tertiary alicyclic amines) is 1. The molecule has 1 rings (SSSR count). The van der Waals surface area contributed by atoms with Crippen molar-refractivity contribution in [3.8, 4) is 0 Å². The van der Waals surface area contributed by atoms with E-state index < -0.39 is 5.97 Å². The monoisotopic (exact) mass is 214 g/mol. The molecule has 1 atom stereocenters. The minimum atomic E-state index is -0.775. The number of unbranched alkanes of at least 4 members (excludes halogenated alkanes) is 1. The van der Waals surface area contributed by atoms with Crippen molar-refractivity contribution in [3.05, 3.63) is 0 Å². The number of carbonyl (C=O) groups is 1. The first-order valence-corrected chi connectivity index (χ1v) is 5.75. The number of nitrogens with one attached hydrogen (secondary N) is 1. The molecular weight excluding hydrogens is 192 g/mol. The summed E-state index contributed by atoms with van der Waals surface area (Å²) in [5.41, 5.74) is -0.00781. The quantitative estimate of drug-likeness (QED) is 0.690. The van der Waals surface area contributed by atoms with Crippen LogP contribution in [-0.2, 0) is 4.79 Å². The lowest BCUT2D eigenvalue weighted by atomic mass is 10.0. The summed E-state index contributed by atoms with van der Waals surface area (Å²) in [6.07, 6.45) is 3.49. The zero-order valence-electron chi connectivity index (χ0n) is 9.75. The molecule has 0 bridgehead atoms. The number of carboxylic acid groups (broad SMARTS) is 1. The topological polar surface area (TPSA) is 52.6 Å². The predicted octanol–water partition coefficient (Wildman–Crippen LogP) is 0.925. The van der Waals surface area contributed by atoms with E-state index in [9.17, 15) is 4.79 Å². The Labute approximate surface area is 91.6 Å². The molecule has 1 fully saturated rings. The molecule has 1 saturated heterocycles. The Morgan fingerprint density at radius 2 is 2.33 bits per heavy atom. The van der Waals surface area contributed by atoms with Crippen molar-refractivity contribution in [1.29, 1.82) is 0 Å². The predicted molar refractivity (Wildman–Crippen MR) is 60.0 cm³/mol. The van der Waals surface area contributed by atoms with Gasteiger partial charge in [0.05, 0.1) is 6.54 Å². The highest BCUT2D eigenvalue weighted by Crippen LogP contribution is 2.20.